The summed E-state index contributed by atoms with van der Waals surface area (Å²) in [5.41, 5.74) is 1.11. The van der Waals surface area contributed by atoms with Crippen molar-refractivity contribution in [2.45, 2.75) is 31.3 Å². The van der Waals surface area contributed by atoms with E-state index in [-0.39, 0.29) is 41.4 Å². The number of amides is 2. The molecule has 1 saturated heterocycles. The normalized spacial score (nSPS) is 16.5. The van der Waals surface area contributed by atoms with E-state index in [1.165, 1.54) is 0 Å². The first-order valence-corrected chi connectivity index (χ1v) is 13.3. The van der Waals surface area contributed by atoms with E-state index in [9.17, 15) is 29.1 Å². The molecule has 0 bridgehead atoms. The summed E-state index contributed by atoms with van der Waals surface area (Å²) in [6.07, 6.45) is 0.0789. The molecule has 3 rings (SSSR count). The molecular formula is C25H25Cl2N3O7S. The van der Waals surface area contributed by atoms with Crippen molar-refractivity contribution in [1.82, 2.24) is 10.2 Å². The number of nitrogens with zero attached hydrogens (tertiary/aromatic N) is 1. The highest BCUT2D eigenvalue weighted by Gasteiger charge is 2.37. The summed E-state index contributed by atoms with van der Waals surface area (Å²) < 4.78 is 0. The van der Waals surface area contributed by atoms with Crippen LogP contribution in [0, 0.1) is 0 Å². The maximum absolute atomic E-state index is 13.0. The molecule has 2 aromatic rings. The van der Waals surface area contributed by atoms with Gasteiger partial charge in [-0.05, 0) is 42.8 Å². The van der Waals surface area contributed by atoms with Crippen LogP contribution >= 0.6 is 35.0 Å². The number of aliphatic carboxylic acids is 2. The van der Waals surface area contributed by atoms with Crippen LogP contribution in [0.5, 0.6) is 0 Å². The third kappa shape index (κ3) is 7.94. The first kappa shape index (κ1) is 29.4. The van der Waals surface area contributed by atoms with Crippen LogP contribution < -0.4 is 10.6 Å². The lowest BCUT2D eigenvalue weighted by molar-refractivity contribution is -0.143. The van der Waals surface area contributed by atoms with Gasteiger partial charge >= 0.3 is 11.9 Å². The molecule has 10 nitrogen and oxygen atoms in total. The zero-order valence-corrected chi connectivity index (χ0v) is 22.3. The number of hydrogen-bond acceptors (Lipinski definition) is 7. The molecule has 4 N–H and O–H groups in total. The Morgan fingerprint density at radius 3 is 2.32 bits per heavy atom. The van der Waals surface area contributed by atoms with Crippen molar-refractivity contribution in [3.8, 4) is 0 Å². The van der Waals surface area contributed by atoms with Gasteiger partial charge in [0.05, 0.1) is 15.6 Å². The lowest BCUT2D eigenvalue weighted by atomic mass is 10.0. The Balaban J connectivity index is 1.64. The van der Waals surface area contributed by atoms with E-state index in [0.717, 1.165) is 11.8 Å². The molecule has 2 amide bonds. The van der Waals surface area contributed by atoms with E-state index >= 15 is 0 Å². The van der Waals surface area contributed by atoms with E-state index < -0.39 is 41.0 Å². The lowest BCUT2D eigenvalue weighted by Gasteiger charge is -2.33. The summed E-state index contributed by atoms with van der Waals surface area (Å²) in [6, 6.07) is 8.55. The van der Waals surface area contributed by atoms with Gasteiger partial charge in [0.1, 0.15) is 6.04 Å². The minimum absolute atomic E-state index is 0.0707. The number of carboxylic acids is 2. The maximum Gasteiger partial charge on any atom is 0.326 e. The van der Waals surface area contributed by atoms with Crippen molar-refractivity contribution in [1.29, 1.82) is 0 Å². The Kier molecular flexibility index (Phi) is 10.5. The molecule has 1 heterocycles. The zero-order chi connectivity index (χ0) is 27.8. The number of carbonyl (C=O) groups excluding carboxylic acids is 3. The summed E-state index contributed by atoms with van der Waals surface area (Å²) in [5, 5.41) is 23.7. The molecule has 0 aromatic heterocycles. The van der Waals surface area contributed by atoms with Gasteiger partial charge in [0, 0.05) is 30.8 Å². The van der Waals surface area contributed by atoms with Crippen LogP contribution in [0.4, 0.5) is 5.69 Å². The number of hydrogen-bond donors (Lipinski definition) is 4. The Morgan fingerprint density at radius 1 is 1.05 bits per heavy atom. The summed E-state index contributed by atoms with van der Waals surface area (Å²) >= 11 is 13.1. The predicted octanol–water partition coefficient (Wildman–Crippen LogP) is 3.17. The molecule has 0 saturated carbocycles. The Bertz CT molecular complexity index is 1210. The number of rotatable bonds is 11. The van der Waals surface area contributed by atoms with E-state index in [0.29, 0.717) is 23.5 Å². The average molecular weight is 582 g/mol. The number of carboxylic acid groups (broad SMARTS) is 2. The quantitative estimate of drug-likeness (QED) is 0.293. The second-order valence-corrected chi connectivity index (χ2v) is 10.4. The molecule has 0 unspecified atom stereocenters. The van der Waals surface area contributed by atoms with Gasteiger partial charge in [-0.2, -0.15) is 0 Å². The summed E-state index contributed by atoms with van der Waals surface area (Å²) in [5.74, 6) is -3.05. The molecule has 2 aromatic carbocycles. The average Bonchev–Trinajstić information content (AvgIpc) is 2.84. The Morgan fingerprint density at radius 2 is 1.71 bits per heavy atom. The maximum atomic E-state index is 13.0. The third-order valence-electron chi connectivity index (χ3n) is 5.75. The van der Waals surface area contributed by atoms with Crippen LogP contribution in [0.25, 0.3) is 0 Å². The number of carbonyl (C=O) groups is 5. The molecule has 2 atom stereocenters. The SMILES string of the molecule is O=C(O)CCCN1CCSC(=O)[C@@H]1C(=O)N[C@H](Cc1ccc(NC(=O)c2c(Cl)cccc2Cl)cc1)C(=O)O. The monoisotopic (exact) mass is 581 g/mol. The van der Waals surface area contributed by atoms with Crippen LogP contribution in [0.15, 0.2) is 42.5 Å². The molecular weight excluding hydrogens is 557 g/mol. The molecule has 0 aliphatic carbocycles. The highest BCUT2D eigenvalue weighted by Crippen LogP contribution is 2.25. The predicted molar refractivity (Wildman–Crippen MR) is 144 cm³/mol. The number of halogens is 2. The van der Waals surface area contributed by atoms with Crippen molar-refractivity contribution in [2.75, 3.05) is 24.2 Å². The smallest absolute Gasteiger partial charge is 0.326 e. The largest absolute Gasteiger partial charge is 0.481 e. The van der Waals surface area contributed by atoms with Gasteiger partial charge in [0.25, 0.3) is 5.91 Å². The van der Waals surface area contributed by atoms with Crippen LogP contribution in [0.1, 0.15) is 28.8 Å². The standard InChI is InChI=1S/C25H25Cl2N3O7S/c26-16-3-1-4-17(27)20(16)22(33)28-15-8-6-14(7-9-15)13-18(24(35)36)29-23(34)21-25(37)38-12-11-30(21)10-2-5-19(31)32/h1,3-4,6-9,18,21H,2,5,10-13H2,(H,28,33)(H,29,34)(H,31,32)(H,35,36)/t18-,21+/m1/s1. The lowest BCUT2D eigenvalue weighted by Crippen LogP contribution is -2.57. The molecule has 38 heavy (non-hydrogen) atoms. The van der Waals surface area contributed by atoms with Crippen LogP contribution in [0.2, 0.25) is 10.0 Å². The summed E-state index contributed by atoms with van der Waals surface area (Å²) in [6.45, 7) is 0.624. The van der Waals surface area contributed by atoms with Crippen molar-refractivity contribution in [3.63, 3.8) is 0 Å². The van der Waals surface area contributed by atoms with Crippen LogP contribution in [0.3, 0.4) is 0 Å². The molecule has 202 valence electrons. The fourth-order valence-corrected chi connectivity index (χ4v) is 5.40. The first-order chi connectivity index (χ1) is 18.1. The van der Waals surface area contributed by atoms with Crippen molar-refractivity contribution < 1.29 is 34.2 Å². The molecule has 1 aliphatic rings. The van der Waals surface area contributed by atoms with Gasteiger partial charge in [-0.1, -0.05) is 53.2 Å². The van der Waals surface area contributed by atoms with Gasteiger partial charge in [0.15, 0.2) is 6.04 Å². The third-order valence-corrected chi connectivity index (χ3v) is 7.28. The van der Waals surface area contributed by atoms with Gasteiger partial charge in [-0.25, -0.2) is 4.79 Å². The van der Waals surface area contributed by atoms with Gasteiger partial charge in [-0.15, -0.1) is 0 Å². The van der Waals surface area contributed by atoms with Crippen LogP contribution in [-0.2, 0) is 25.6 Å². The summed E-state index contributed by atoms with van der Waals surface area (Å²) in [7, 11) is 0. The zero-order valence-electron chi connectivity index (χ0n) is 20.0. The molecule has 1 aliphatic heterocycles. The van der Waals surface area contributed by atoms with E-state index in [4.69, 9.17) is 28.3 Å². The van der Waals surface area contributed by atoms with E-state index in [1.54, 1.807) is 47.4 Å². The van der Waals surface area contributed by atoms with Crippen LogP contribution in [-0.4, -0.2) is 74.9 Å². The minimum atomic E-state index is -1.31. The van der Waals surface area contributed by atoms with E-state index in [1.807, 2.05) is 0 Å². The Labute approximate surface area is 232 Å². The number of thioether (sulfide) groups is 1. The minimum Gasteiger partial charge on any atom is -0.481 e. The van der Waals surface area contributed by atoms with Crippen molar-refractivity contribution in [3.05, 3.63) is 63.6 Å². The molecule has 0 spiro atoms. The number of anilines is 1. The number of nitrogens with one attached hydrogen (secondary N) is 2. The summed E-state index contributed by atoms with van der Waals surface area (Å²) in [4.78, 5) is 62.3. The molecule has 1 fully saturated rings. The highest BCUT2D eigenvalue weighted by molar-refractivity contribution is 8.13. The fourth-order valence-electron chi connectivity index (χ4n) is 3.89. The second kappa shape index (κ2) is 13.6. The van der Waals surface area contributed by atoms with E-state index in [2.05, 4.69) is 10.6 Å². The van der Waals surface area contributed by atoms with Gasteiger partial charge in [-0.3, -0.25) is 24.1 Å². The first-order valence-electron chi connectivity index (χ1n) is 11.6. The highest BCUT2D eigenvalue weighted by atomic mass is 35.5. The van der Waals surface area contributed by atoms with Gasteiger partial charge < -0.3 is 20.8 Å². The second-order valence-electron chi connectivity index (χ2n) is 8.45. The van der Waals surface area contributed by atoms with Crippen molar-refractivity contribution in [2.24, 2.45) is 0 Å². The topological polar surface area (TPSA) is 153 Å². The molecule has 13 heteroatoms. The fraction of sp³-hybridized carbons (Fsp3) is 0.320. The van der Waals surface area contributed by atoms with Gasteiger partial charge in [0.2, 0.25) is 11.0 Å². The molecule has 0 radical (unpaired) electrons. The Hall–Kier alpha value is -3.12. The van der Waals surface area contributed by atoms with Crippen molar-refractivity contribution >= 4 is 69.5 Å². The number of benzene rings is 2.